The zero-order chi connectivity index (χ0) is 8.27. The minimum Gasteiger partial charge on any atom is -0.367 e. The Kier molecular flexibility index (Phi) is 2.02. The van der Waals surface area contributed by atoms with Gasteiger partial charge in [0, 0.05) is 0 Å². The molecule has 11 heavy (non-hydrogen) atoms. The van der Waals surface area contributed by atoms with Crippen LogP contribution in [0.2, 0.25) is 0 Å². The fourth-order valence-electron chi connectivity index (χ4n) is 0.578. The molecule has 0 unspecified atom stereocenters. The number of carbonyl (C=O) groups is 1. The van der Waals surface area contributed by atoms with Gasteiger partial charge < -0.3 is 5.73 Å². The van der Waals surface area contributed by atoms with E-state index in [4.69, 9.17) is 11.6 Å². The van der Waals surface area contributed by atoms with Gasteiger partial charge in [-0.25, -0.2) is 15.5 Å². The van der Waals surface area contributed by atoms with E-state index in [1.54, 1.807) is 0 Å². The largest absolute Gasteiger partial charge is 0.367 e. The molecule has 0 radical (unpaired) electrons. The standard InChI is InChI=1S/C4H8N6O/c5-4-7-2-10(9-4)1-3(11)8-6/h2H,1,6H2,(H2,5,9)(H,8,11). The van der Waals surface area contributed by atoms with Gasteiger partial charge >= 0.3 is 0 Å². The predicted molar refractivity (Wildman–Crippen MR) is 36.8 cm³/mol. The highest BCUT2D eigenvalue weighted by Crippen LogP contribution is 1.87. The number of carbonyl (C=O) groups excluding carboxylic acids is 1. The van der Waals surface area contributed by atoms with Crippen molar-refractivity contribution in [3.05, 3.63) is 6.33 Å². The third-order valence-corrected chi connectivity index (χ3v) is 1.02. The van der Waals surface area contributed by atoms with Gasteiger partial charge in [-0.3, -0.25) is 10.2 Å². The van der Waals surface area contributed by atoms with Gasteiger partial charge in [-0.05, 0) is 0 Å². The van der Waals surface area contributed by atoms with E-state index in [0.29, 0.717) is 0 Å². The Balaban J connectivity index is 2.57. The van der Waals surface area contributed by atoms with Crippen molar-refractivity contribution < 1.29 is 4.79 Å². The normalized spacial score (nSPS) is 9.55. The number of amides is 1. The zero-order valence-corrected chi connectivity index (χ0v) is 5.69. The first kappa shape index (κ1) is 7.48. The molecule has 0 aliphatic rings. The van der Waals surface area contributed by atoms with Gasteiger partial charge in [-0.1, -0.05) is 0 Å². The molecular formula is C4H8N6O. The predicted octanol–water partition coefficient (Wildman–Crippen LogP) is -2.15. The maximum absolute atomic E-state index is 10.6. The van der Waals surface area contributed by atoms with Crippen LogP contribution in [0.5, 0.6) is 0 Å². The second kappa shape index (κ2) is 2.97. The highest BCUT2D eigenvalue weighted by Gasteiger charge is 2.00. The fraction of sp³-hybridized carbons (Fsp3) is 0.250. The van der Waals surface area contributed by atoms with Crippen LogP contribution in [-0.4, -0.2) is 20.7 Å². The molecule has 1 rings (SSSR count). The third kappa shape index (κ3) is 1.90. The average Bonchev–Trinajstić information content (AvgIpc) is 2.35. The molecule has 7 heteroatoms. The first-order valence-electron chi connectivity index (χ1n) is 2.86. The number of rotatable bonds is 2. The van der Waals surface area contributed by atoms with Gasteiger partial charge in [-0.2, -0.15) is 0 Å². The topological polar surface area (TPSA) is 112 Å². The minimum absolute atomic E-state index is 0.0285. The second-order valence-electron chi connectivity index (χ2n) is 1.87. The monoisotopic (exact) mass is 156 g/mol. The number of nitrogens with one attached hydrogen (secondary N) is 1. The average molecular weight is 156 g/mol. The molecular weight excluding hydrogens is 148 g/mol. The maximum Gasteiger partial charge on any atom is 0.255 e. The molecule has 1 aromatic heterocycles. The lowest BCUT2D eigenvalue weighted by molar-refractivity contribution is -0.121. The van der Waals surface area contributed by atoms with Gasteiger partial charge in [0.1, 0.15) is 12.9 Å². The molecule has 0 aromatic carbocycles. The highest BCUT2D eigenvalue weighted by molar-refractivity contribution is 5.74. The van der Waals surface area contributed by atoms with E-state index in [2.05, 4.69) is 10.1 Å². The molecule has 0 saturated carbocycles. The summed E-state index contributed by atoms with van der Waals surface area (Å²) in [4.78, 5) is 14.2. The smallest absolute Gasteiger partial charge is 0.255 e. The maximum atomic E-state index is 10.6. The van der Waals surface area contributed by atoms with Crippen molar-refractivity contribution in [2.24, 2.45) is 5.84 Å². The van der Waals surface area contributed by atoms with E-state index in [1.807, 2.05) is 5.43 Å². The molecule has 0 aliphatic carbocycles. The Morgan fingerprint density at radius 1 is 1.82 bits per heavy atom. The van der Waals surface area contributed by atoms with Gasteiger partial charge in [-0.15, -0.1) is 5.10 Å². The third-order valence-electron chi connectivity index (χ3n) is 1.02. The van der Waals surface area contributed by atoms with Gasteiger partial charge in [0.2, 0.25) is 5.95 Å². The van der Waals surface area contributed by atoms with Crippen LogP contribution in [0.25, 0.3) is 0 Å². The number of anilines is 1. The van der Waals surface area contributed by atoms with Crippen molar-refractivity contribution >= 4 is 11.9 Å². The lowest BCUT2D eigenvalue weighted by Gasteiger charge is -1.96. The number of nitrogens with two attached hydrogens (primary N) is 2. The summed E-state index contributed by atoms with van der Waals surface area (Å²) in [5, 5.41) is 3.67. The summed E-state index contributed by atoms with van der Waals surface area (Å²) < 4.78 is 1.29. The molecule has 60 valence electrons. The number of aromatic nitrogens is 3. The Labute approximate surface area is 62.3 Å². The van der Waals surface area contributed by atoms with Crippen LogP contribution in [0.15, 0.2) is 6.33 Å². The van der Waals surface area contributed by atoms with E-state index in [-0.39, 0.29) is 18.4 Å². The minimum atomic E-state index is -0.352. The van der Waals surface area contributed by atoms with Crippen LogP contribution >= 0.6 is 0 Å². The number of hydrazine groups is 1. The number of hydrogen-bond donors (Lipinski definition) is 3. The number of nitrogen functional groups attached to an aromatic ring is 1. The van der Waals surface area contributed by atoms with Crippen LogP contribution in [0, 0.1) is 0 Å². The molecule has 1 amide bonds. The molecule has 1 heterocycles. The first-order chi connectivity index (χ1) is 5.22. The molecule has 0 saturated heterocycles. The zero-order valence-electron chi connectivity index (χ0n) is 5.69. The molecule has 0 bridgehead atoms. The summed E-state index contributed by atoms with van der Waals surface area (Å²) in [6, 6.07) is 0. The Hall–Kier alpha value is -1.63. The summed E-state index contributed by atoms with van der Waals surface area (Å²) in [7, 11) is 0. The molecule has 1 aromatic rings. The van der Waals surface area contributed by atoms with Crippen molar-refractivity contribution in [3.63, 3.8) is 0 Å². The van der Waals surface area contributed by atoms with E-state index < -0.39 is 0 Å². The molecule has 0 fully saturated rings. The van der Waals surface area contributed by atoms with Crippen molar-refractivity contribution in [2.75, 3.05) is 5.73 Å². The molecule has 7 nitrogen and oxygen atoms in total. The molecule has 5 N–H and O–H groups in total. The fourth-order valence-corrected chi connectivity index (χ4v) is 0.578. The van der Waals surface area contributed by atoms with E-state index in [1.165, 1.54) is 11.0 Å². The van der Waals surface area contributed by atoms with Crippen LogP contribution in [-0.2, 0) is 11.3 Å². The van der Waals surface area contributed by atoms with Crippen LogP contribution in [0.1, 0.15) is 0 Å². The number of nitrogens with zero attached hydrogens (tertiary/aromatic N) is 3. The van der Waals surface area contributed by atoms with Crippen LogP contribution < -0.4 is 17.0 Å². The lowest BCUT2D eigenvalue weighted by atomic mass is 10.6. The van der Waals surface area contributed by atoms with Crippen molar-refractivity contribution in [2.45, 2.75) is 6.54 Å². The molecule has 0 atom stereocenters. The summed E-state index contributed by atoms with van der Waals surface area (Å²) in [6.07, 6.45) is 1.35. The van der Waals surface area contributed by atoms with Gasteiger partial charge in [0.25, 0.3) is 5.91 Å². The van der Waals surface area contributed by atoms with Gasteiger partial charge in [0.05, 0.1) is 0 Å². The van der Waals surface area contributed by atoms with E-state index in [9.17, 15) is 4.79 Å². The van der Waals surface area contributed by atoms with Crippen molar-refractivity contribution in [1.29, 1.82) is 0 Å². The SMILES string of the molecule is NNC(=O)Cn1cnc(N)n1. The van der Waals surface area contributed by atoms with E-state index >= 15 is 0 Å². The second-order valence-corrected chi connectivity index (χ2v) is 1.87. The highest BCUT2D eigenvalue weighted by atomic mass is 16.2. The summed E-state index contributed by atoms with van der Waals surface area (Å²) in [6.45, 7) is 0.0285. The van der Waals surface area contributed by atoms with E-state index in [0.717, 1.165) is 0 Å². The quantitative estimate of drug-likeness (QED) is 0.257. The first-order valence-corrected chi connectivity index (χ1v) is 2.86. The lowest BCUT2D eigenvalue weighted by Crippen LogP contribution is -2.33. The summed E-state index contributed by atoms with van der Waals surface area (Å²) in [5.41, 5.74) is 7.14. The van der Waals surface area contributed by atoms with Gasteiger partial charge in [0.15, 0.2) is 0 Å². The van der Waals surface area contributed by atoms with Crippen molar-refractivity contribution in [1.82, 2.24) is 20.2 Å². The Morgan fingerprint density at radius 3 is 3.00 bits per heavy atom. The molecule has 0 aliphatic heterocycles. The molecule has 0 spiro atoms. The number of hydrogen-bond acceptors (Lipinski definition) is 5. The Bertz CT molecular complexity index is 255. The summed E-state index contributed by atoms with van der Waals surface area (Å²) in [5.74, 6) is 4.62. The van der Waals surface area contributed by atoms with Crippen molar-refractivity contribution in [3.8, 4) is 0 Å². The Morgan fingerprint density at radius 2 is 2.55 bits per heavy atom. The van der Waals surface area contributed by atoms with Crippen LogP contribution in [0.3, 0.4) is 0 Å². The van der Waals surface area contributed by atoms with Crippen LogP contribution in [0.4, 0.5) is 5.95 Å². The summed E-state index contributed by atoms with van der Waals surface area (Å²) >= 11 is 0.